The summed E-state index contributed by atoms with van der Waals surface area (Å²) in [5.74, 6) is -1.05. The third-order valence-corrected chi connectivity index (χ3v) is 3.10. The summed E-state index contributed by atoms with van der Waals surface area (Å²) in [7, 11) is 0. The van der Waals surface area contributed by atoms with Crippen molar-refractivity contribution in [3.8, 4) is 0 Å². The molecule has 88 valence electrons. The van der Waals surface area contributed by atoms with Crippen molar-refractivity contribution in [3.63, 3.8) is 0 Å². The molecule has 1 heterocycles. The Bertz CT molecular complexity index is 346. The third kappa shape index (κ3) is 1.64. The predicted octanol–water partition coefficient (Wildman–Crippen LogP) is 2.38. The summed E-state index contributed by atoms with van der Waals surface area (Å²) >= 11 is 0. The van der Waals surface area contributed by atoms with Crippen LogP contribution in [0.25, 0.3) is 0 Å². The van der Waals surface area contributed by atoms with E-state index in [0.717, 1.165) is 17.6 Å². The minimum atomic E-state index is -1.03. The van der Waals surface area contributed by atoms with Crippen LogP contribution in [0.1, 0.15) is 33.1 Å². The molecule has 1 spiro atoms. The van der Waals surface area contributed by atoms with Crippen LogP contribution >= 0.6 is 0 Å². The second-order valence-corrected chi connectivity index (χ2v) is 4.23. The molecule has 0 amide bonds. The molecule has 1 fully saturated rings. The first-order chi connectivity index (χ1) is 7.72. The van der Waals surface area contributed by atoms with Crippen LogP contribution in [-0.4, -0.2) is 24.8 Å². The number of carbonyl (C=O) groups is 1. The standard InChI is InChI=1S/C13H18O3/c1-3-4-5-6-7-11-10(2)12(14)13(11)15-8-9-16-13/h6-7H,3-5,8-9H2,1-2H3/b7-6+. The molecule has 16 heavy (non-hydrogen) atoms. The molecule has 1 aliphatic carbocycles. The van der Waals surface area contributed by atoms with Crippen molar-refractivity contribution in [1.82, 2.24) is 0 Å². The molecule has 3 nitrogen and oxygen atoms in total. The highest BCUT2D eigenvalue weighted by Crippen LogP contribution is 2.42. The number of hydrogen-bond acceptors (Lipinski definition) is 3. The van der Waals surface area contributed by atoms with Crippen LogP contribution < -0.4 is 0 Å². The Kier molecular flexibility index (Phi) is 3.26. The topological polar surface area (TPSA) is 35.5 Å². The minimum absolute atomic E-state index is 0.0138. The van der Waals surface area contributed by atoms with Crippen molar-refractivity contribution in [1.29, 1.82) is 0 Å². The molecule has 0 bridgehead atoms. The molecule has 2 aliphatic rings. The van der Waals surface area contributed by atoms with Gasteiger partial charge in [-0.2, -0.15) is 0 Å². The SMILES string of the molecule is CCCC/C=C/C1=C(C)C(=O)C12OCCO2. The Hall–Kier alpha value is -0.930. The van der Waals surface area contributed by atoms with Crippen LogP contribution in [-0.2, 0) is 14.3 Å². The van der Waals surface area contributed by atoms with E-state index in [9.17, 15) is 4.79 Å². The highest BCUT2D eigenvalue weighted by atomic mass is 16.7. The fourth-order valence-electron chi connectivity index (χ4n) is 2.13. The quantitative estimate of drug-likeness (QED) is 0.685. The Morgan fingerprint density at radius 3 is 2.69 bits per heavy atom. The Balaban J connectivity index is 2.08. The number of ketones is 1. The molecule has 1 aliphatic heterocycles. The number of hydrogen-bond donors (Lipinski definition) is 0. The summed E-state index contributed by atoms with van der Waals surface area (Å²) in [4.78, 5) is 11.7. The molecule has 1 saturated heterocycles. The lowest BCUT2D eigenvalue weighted by Crippen LogP contribution is -2.50. The van der Waals surface area contributed by atoms with Gasteiger partial charge in [-0.1, -0.05) is 31.9 Å². The van der Waals surface area contributed by atoms with Gasteiger partial charge in [0.25, 0.3) is 5.79 Å². The number of ether oxygens (including phenoxy) is 2. The van der Waals surface area contributed by atoms with Crippen molar-refractivity contribution >= 4 is 5.78 Å². The largest absolute Gasteiger partial charge is 0.337 e. The maximum Gasteiger partial charge on any atom is 0.261 e. The van der Waals surface area contributed by atoms with Crippen molar-refractivity contribution in [3.05, 3.63) is 23.3 Å². The van der Waals surface area contributed by atoms with Crippen LogP contribution in [0.3, 0.4) is 0 Å². The molecule has 0 aromatic rings. The molecular weight excluding hydrogens is 204 g/mol. The maximum atomic E-state index is 11.7. The molecule has 0 radical (unpaired) electrons. The molecule has 0 saturated carbocycles. The third-order valence-electron chi connectivity index (χ3n) is 3.10. The Labute approximate surface area is 96.1 Å². The first-order valence-corrected chi connectivity index (χ1v) is 5.93. The molecule has 0 aromatic heterocycles. The van der Waals surface area contributed by atoms with Gasteiger partial charge in [-0.15, -0.1) is 0 Å². The van der Waals surface area contributed by atoms with E-state index in [2.05, 4.69) is 13.0 Å². The van der Waals surface area contributed by atoms with Gasteiger partial charge in [0.15, 0.2) is 0 Å². The summed E-state index contributed by atoms with van der Waals surface area (Å²) in [5, 5.41) is 0. The number of unbranched alkanes of at least 4 members (excludes halogenated alkanes) is 2. The average molecular weight is 222 g/mol. The van der Waals surface area contributed by atoms with E-state index in [0.29, 0.717) is 13.2 Å². The predicted molar refractivity (Wildman–Crippen MR) is 61.0 cm³/mol. The summed E-state index contributed by atoms with van der Waals surface area (Å²) in [5.41, 5.74) is 1.68. The zero-order valence-corrected chi connectivity index (χ0v) is 9.91. The summed E-state index contributed by atoms with van der Waals surface area (Å²) in [6.45, 7) is 5.00. The van der Waals surface area contributed by atoms with Crippen molar-refractivity contribution in [2.24, 2.45) is 0 Å². The number of Topliss-reactive ketones (excluding diaryl/α,β-unsaturated/α-hetero) is 1. The van der Waals surface area contributed by atoms with E-state index in [1.165, 1.54) is 12.8 Å². The van der Waals surface area contributed by atoms with Crippen molar-refractivity contribution in [2.75, 3.05) is 13.2 Å². The average Bonchev–Trinajstić information content (AvgIpc) is 2.79. The van der Waals surface area contributed by atoms with Gasteiger partial charge >= 0.3 is 0 Å². The lowest BCUT2D eigenvalue weighted by molar-refractivity contribution is -0.170. The summed E-state index contributed by atoms with van der Waals surface area (Å²) < 4.78 is 10.9. The fourth-order valence-corrected chi connectivity index (χ4v) is 2.13. The lowest BCUT2D eigenvalue weighted by Gasteiger charge is -2.36. The van der Waals surface area contributed by atoms with Crippen LogP contribution in [0.15, 0.2) is 23.3 Å². The van der Waals surface area contributed by atoms with Crippen molar-refractivity contribution < 1.29 is 14.3 Å². The van der Waals surface area contributed by atoms with Gasteiger partial charge in [-0.25, -0.2) is 0 Å². The smallest absolute Gasteiger partial charge is 0.261 e. The molecule has 0 N–H and O–H groups in total. The van der Waals surface area contributed by atoms with Crippen LogP contribution in [0.5, 0.6) is 0 Å². The Morgan fingerprint density at radius 1 is 1.38 bits per heavy atom. The van der Waals surface area contributed by atoms with Gasteiger partial charge in [0.2, 0.25) is 5.78 Å². The highest BCUT2D eigenvalue weighted by molar-refractivity contribution is 6.12. The minimum Gasteiger partial charge on any atom is -0.337 e. The normalized spacial score (nSPS) is 23.5. The highest BCUT2D eigenvalue weighted by Gasteiger charge is 2.56. The molecule has 0 atom stereocenters. The van der Waals surface area contributed by atoms with Gasteiger partial charge in [0.1, 0.15) is 0 Å². The van der Waals surface area contributed by atoms with E-state index in [4.69, 9.17) is 9.47 Å². The van der Waals surface area contributed by atoms with E-state index in [-0.39, 0.29) is 5.78 Å². The van der Waals surface area contributed by atoms with E-state index < -0.39 is 5.79 Å². The van der Waals surface area contributed by atoms with Gasteiger partial charge in [0, 0.05) is 11.1 Å². The summed E-state index contributed by atoms with van der Waals surface area (Å²) in [6, 6.07) is 0. The first-order valence-electron chi connectivity index (χ1n) is 5.93. The first kappa shape index (κ1) is 11.6. The summed E-state index contributed by atoms with van der Waals surface area (Å²) in [6.07, 6.45) is 7.47. The zero-order valence-electron chi connectivity index (χ0n) is 9.91. The van der Waals surface area contributed by atoms with E-state index in [1.54, 1.807) is 0 Å². The Morgan fingerprint density at radius 2 is 2.06 bits per heavy atom. The van der Waals surface area contributed by atoms with Crippen LogP contribution in [0.2, 0.25) is 0 Å². The molecule has 2 rings (SSSR count). The van der Waals surface area contributed by atoms with Crippen LogP contribution in [0.4, 0.5) is 0 Å². The molecule has 0 unspecified atom stereocenters. The second-order valence-electron chi connectivity index (χ2n) is 4.23. The van der Waals surface area contributed by atoms with Gasteiger partial charge in [-0.3, -0.25) is 4.79 Å². The van der Waals surface area contributed by atoms with E-state index in [1.807, 2.05) is 13.0 Å². The number of rotatable bonds is 4. The second kappa shape index (κ2) is 4.52. The van der Waals surface area contributed by atoms with Crippen LogP contribution in [0, 0.1) is 0 Å². The van der Waals surface area contributed by atoms with Crippen molar-refractivity contribution in [2.45, 2.75) is 38.9 Å². The molecule has 3 heteroatoms. The number of carbonyl (C=O) groups excluding carboxylic acids is 1. The fraction of sp³-hybridized carbons (Fsp3) is 0.615. The van der Waals surface area contributed by atoms with Gasteiger partial charge in [0.05, 0.1) is 13.2 Å². The molecule has 0 aromatic carbocycles. The maximum absolute atomic E-state index is 11.7. The van der Waals surface area contributed by atoms with Gasteiger partial charge in [-0.05, 0) is 13.3 Å². The van der Waals surface area contributed by atoms with Gasteiger partial charge < -0.3 is 9.47 Å². The van der Waals surface area contributed by atoms with E-state index >= 15 is 0 Å². The molecular formula is C13H18O3. The number of allylic oxidation sites excluding steroid dienone is 1. The monoisotopic (exact) mass is 222 g/mol. The zero-order chi connectivity index (χ0) is 11.6. The lowest BCUT2D eigenvalue weighted by atomic mass is 9.80.